The molecule has 0 N–H and O–H groups in total. The van der Waals surface area contributed by atoms with E-state index in [1.165, 1.54) is 24.8 Å². The standard InChI is InChI=1S/C19H30OSi/c1-18(2)16-11-12-19(18,3)17(13-16)20-21(4,5)14-15-9-7-6-8-10-15/h6-10,16-17H,11-14H2,1-5H3. The normalized spacial score (nSPS) is 34.3. The van der Waals surface area contributed by atoms with Crippen molar-refractivity contribution in [2.75, 3.05) is 0 Å². The third-order valence-corrected chi connectivity index (χ3v) is 8.83. The summed E-state index contributed by atoms with van der Waals surface area (Å²) in [5.41, 5.74) is 2.27. The van der Waals surface area contributed by atoms with Crippen LogP contribution in [0.2, 0.25) is 13.1 Å². The van der Waals surface area contributed by atoms with Gasteiger partial charge in [0, 0.05) is 0 Å². The lowest BCUT2D eigenvalue weighted by molar-refractivity contribution is 0.0240. The van der Waals surface area contributed by atoms with Crippen molar-refractivity contribution in [1.82, 2.24) is 0 Å². The van der Waals surface area contributed by atoms with Gasteiger partial charge in [0.1, 0.15) is 0 Å². The second-order valence-electron chi connectivity index (χ2n) is 8.64. The van der Waals surface area contributed by atoms with Crippen molar-refractivity contribution in [3.63, 3.8) is 0 Å². The summed E-state index contributed by atoms with van der Waals surface area (Å²) in [7, 11) is -1.66. The van der Waals surface area contributed by atoms with Crippen LogP contribution in [-0.4, -0.2) is 14.4 Å². The topological polar surface area (TPSA) is 9.23 Å². The third kappa shape index (κ3) is 2.51. The Kier molecular flexibility index (Phi) is 3.61. The van der Waals surface area contributed by atoms with Gasteiger partial charge in [-0.1, -0.05) is 51.1 Å². The van der Waals surface area contributed by atoms with E-state index in [9.17, 15) is 0 Å². The number of rotatable bonds is 4. The monoisotopic (exact) mass is 302 g/mol. The average molecular weight is 303 g/mol. The molecule has 2 saturated carbocycles. The molecule has 1 nitrogen and oxygen atoms in total. The Morgan fingerprint density at radius 3 is 2.33 bits per heavy atom. The molecule has 1 aromatic carbocycles. The predicted molar refractivity (Wildman–Crippen MR) is 91.7 cm³/mol. The lowest BCUT2D eigenvalue weighted by atomic mass is 9.70. The molecule has 0 amide bonds. The van der Waals surface area contributed by atoms with Crippen molar-refractivity contribution in [3.8, 4) is 0 Å². The molecule has 21 heavy (non-hydrogen) atoms. The number of hydrogen-bond donors (Lipinski definition) is 0. The van der Waals surface area contributed by atoms with Crippen LogP contribution in [-0.2, 0) is 10.5 Å². The fraction of sp³-hybridized carbons (Fsp3) is 0.684. The SMILES string of the molecule is CC1(C)C2CCC1(C)C(O[Si](C)(C)Cc1ccccc1)C2. The summed E-state index contributed by atoms with van der Waals surface area (Å²) in [6, 6.07) is 12.0. The molecule has 3 rings (SSSR count). The Bertz CT molecular complexity index is 508. The Morgan fingerprint density at radius 2 is 1.81 bits per heavy atom. The van der Waals surface area contributed by atoms with Gasteiger partial charge in [0.05, 0.1) is 6.10 Å². The molecule has 0 heterocycles. The molecule has 1 aromatic rings. The Labute approximate surface area is 131 Å². The van der Waals surface area contributed by atoms with E-state index in [0.717, 1.165) is 12.0 Å². The van der Waals surface area contributed by atoms with Crippen LogP contribution in [0.4, 0.5) is 0 Å². The molecule has 2 aliphatic rings. The van der Waals surface area contributed by atoms with E-state index in [2.05, 4.69) is 64.2 Å². The van der Waals surface area contributed by atoms with E-state index in [-0.39, 0.29) is 0 Å². The minimum Gasteiger partial charge on any atom is -0.414 e. The molecule has 0 aromatic heterocycles. The maximum absolute atomic E-state index is 6.81. The zero-order valence-electron chi connectivity index (χ0n) is 14.3. The van der Waals surface area contributed by atoms with Crippen molar-refractivity contribution >= 4 is 8.32 Å². The van der Waals surface area contributed by atoms with Gasteiger partial charge in [-0.25, -0.2) is 0 Å². The smallest absolute Gasteiger partial charge is 0.191 e. The zero-order valence-corrected chi connectivity index (χ0v) is 15.3. The molecule has 2 bridgehead atoms. The van der Waals surface area contributed by atoms with Crippen molar-refractivity contribution in [3.05, 3.63) is 35.9 Å². The summed E-state index contributed by atoms with van der Waals surface area (Å²) >= 11 is 0. The van der Waals surface area contributed by atoms with Gasteiger partial charge < -0.3 is 4.43 Å². The van der Waals surface area contributed by atoms with E-state index in [4.69, 9.17) is 4.43 Å². The van der Waals surface area contributed by atoms with E-state index in [1.807, 2.05) is 0 Å². The van der Waals surface area contributed by atoms with Gasteiger partial charge in [0.2, 0.25) is 0 Å². The van der Waals surface area contributed by atoms with Crippen molar-refractivity contribution in [2.45, 2.75) is 65.3 Å². The van der Waals surface area contributed by atoms with Gasteiger partial charge >= 0.3 is 0 Å². The first-order valence-corrected chi connectivity index (χ1v) is 11.6. The highest BCUT2D eigenvalue weighted by Gasteiger charge is 2.62. The van der Waals surface area contributed by atoms with Crippen LogP contribution >= 0.6 is 0 Å². The largest absolute Gasteiger partial charge is 0.414 e. The zero-order chi connectivity index (χ0) is 15.3. The molecule has 0 spiro atoms. The van der Waals surface area contributed by atoms with Gasteiger partial charge in [-0.2, -0.15) is 0 Å². The average Bonchev–Trinajstić information content (AvgIpc) is 2.72. The predicted octanol–water partition coefficient (Wildman–Crippen LogP) is 5.20. The van der Waals surface area contributed by atoms with E-state index in [1.54, 1.807) is 0 Å². The molecule has 3 atom stereocenters. The van der Waals surface area contributed by atoms with Crippen LogP contribution in [0.1, 0.15) is 45.6 Å². The molecular formula is C19H30OSi. The summed E-state index contributed by atoms with van der Waals surface area (Å²) in [5, 5.41) is 0. The molecule has 0 aliphatic heterocycles. The van der Waals surface area contributed by atoms with Gasteiger partial charge in [0.15, 0.2) is 8.32 Å². The maximum Gasteiger partial charge on any atom is 0.191 e. The summed E-state index contributed by atoms with van der Waals surface area (Å²) in [6.07, 6.45) is 4.53. The van der Waals surface area contributed by atoms with E-state index in [0.29, 0.717) is 16.9 Å². The molecule has 2 heteroatoms. The van der Waals surface area contributed by atoms with Gasteiger partial charge in [0.25, 0.3) is 0 Å². The molecule has 2 aliphatic carbocycles. The van der Waals surface area contributed by atoms with Crippen LogP contribution in [0.25, 0.3) is 0 Å². The van der Waals surface area contributed by atoms with Crippen LogP contribution in [0.15, 0.2) is 30.3 Å². The summed E-state index contributed by atoms with van der Waals surface area (Å²) in [6.45, 7) is 12.2. The maximum atomic E-state index is 6.81. The van der Waals surface area contributed by atoms with Crippen LogP contribution < -0.4 is 0 Å². The lowest BCUT2D eigenvalue weighted by Crippen LogP contribution is -2.45. The highest BCUT2D eigenvalue weighted by atomic mass is 28.4. The summed E-state index contributed by atoms with van der Waals surface area (Å²) in [4.78, 5) is 0. The molecule has 0 saturated heterocycles. The molecule has 116 valence electrons. The van der Waals surface area contributed by atoms with Crippen LogP contribution in [0.3, 0.4) is 0 Å². The fourth-order valence-electron chi connectivity index (χ4n) is 4.82. The quantitative estimate of drug-likeness (QED) is 0.694. The first-order chi connectivity index (χ1) is 9.75. The second kappa shape index (κ2) is 4.96. The van der Waals surface area contributed by atoms with Crippen molar-refractivity contribution < 1.29 is 4.43 Å². The molecular weight excluding hydrogens is 272 g/mol. The van der Waals surface area contributed by atoms with Gasteiger partial charge in [-0.15, -0.1) is 0 Å². The van der Waals surface area contributed by atoms with E-state index < -0.39 is 8.32 Å². The van der Waals surface area contributed by atoms with Gasteiger partial charge in [-0.3, -0.25) is 0 Å². The minimum absolute atomic E-state index is 0.388. The second-order valence-corrected chi connectivity index (χ2v) is 12.7. The Balaban J connectivity index is 1.72. The van der Waals surface area contributed by atoms with Crippen molar-refractivity contribution in [2.24, 2.45) is 16.7 Å². The Hall–Kier alpha value is -0.603. The fourth-order valence-corrected chi connectivity index (χ4v) is 7.25. The molecule has 3 unspecified atom stereocenters. The number of hydrogen-bond acceptors (Lipinski definition) is 1. The minimum atomic E-state index is -1.66. The Morgan fingerprint density at radius 1 is 1.14 bits per heavy atom. The summed E-state index contributed by atoms with van der Waals surface area (Å²) in [5.74, 6) is 0.869. The number of fused-ring (bicyclic) bond motifs is 2. The summed E-state index contributed by atoms with van der Waals surface area (Å²) < 4.78 is 6.81. The van der Waals surface area contributed by atoms with Gasteiger partial charge in [-0.05, 0) is 60.7 Å². The highest BCUT2D eigenvalue weighted by Crippen LogP contribution is 2.66. The van der Waals surface area contributed by atoms with Crippen LogP contribution in [0, 0.1) is 16.7 Å². The first-order valence-electron chi connectivity index (χ1n) is 8.46. The van der Waals surface area contributed by atoms with E-state index >= 15 is 0 Å². The third-order valence-electron chi connectivity index (χ3n) is 6.65. The lowest BCUT2D eigenvalue weighted by Gasteiger charge is -2.42. The van der Waals surface area contributed by atoms with Crippen LogP contribution in [0.5, 0.6) is 0 Å². The van der Waals surface area contributed by atoms with Crippen molar-refractivity contribution in [1.29, 1.82) is 0 Å². The first kappa shape index (κ1) is 15.3. The number of benzene rings is 1. The molecule has 2 fully saturated rings. The highest BCUT2D eigenvalue weighted by molar-refractivity contribution is 6.70. The molecule has 0 radical (unpaired) electrons.